The summed E-state index contributed by atoms with van der Waals surface area (Å²) in [5, 5.41) is 0.600. The number of benzene rings is 3. The van der Waals surface area contributed by atoms with Crippen molar-refractivity contribution in [3.05, 3.63) is 75.0 Å². The van der Waals surface area contributed by atoms with Crippen LogP contribution in [0, 0.1) is 5.82 Å². The molecule has 2 unspecified atom stereocenters. The summed E-state index contributed by atoms with van der Waals surface area (Å²) < 4.78 is 32.9. The summed E-state index contributed by atoms with van der Waals surface area (Å²) >= 11 is 13.5. The summed E-state index contributed by atoms with van der Waals surface area (Å²) in [6.45, 7) is 3.14. The van der Waals surface area contributed by atoms with Gasteiger partial charge in [0.15, 0.2) is 6.73 Å². The lowest BCUT2D eigenvalue weighted by molar-refractivity contribution is 0.0515. The highest BCUT2D eigenvalue weighted by Crippen LogP contribution is 2.44. The number of halogens is 3. The molecule has 5 fully saturated rings. The molecule has 0 spiro atoms. The number of nitrogens with zero attached hydrogens (tertiary/aromatic N) is 4. The first-order valence-electron chi connectivity index (χ1n) is 16.5. The van der Waals surface area contributed by atoms with E-state index in [9.17, 15) is 9.59 Å². The number of piperazine rings is 1. The molecule has 0 saturated carbocycles. The largest absolute Gasteiger partial charge is 0.472 e. The van der Waals surface area contributed by atoms with Gasteiger partial charge >= 0.3 is 5.97 Å². The van der Waals surface area contributed by atoms with Crippen LogP contribution in [0.15, 0.2) is 42.5 Å². The SMILES string of the molecule is COC(=O)c1cc(F)c(-c2cccc3c2OCN(C(=O)c2c(Cl)cc(N4C[C@H]5CC[C@@H]4CN5C)cc2Cl)C3)cc1N1C2CCC1COC2. The Kier molecular flexibility index (Phi) is 8.18. The fourth-order valence-electron chi connectivity index (χ4n) is 8.34. The van der Waals surface area contributed by atoms with Crippen molar-refractivity contribution in [2.45, 2.75) is 56.4 Å². The number of hydrogen-bond donors (Lipinski definition) is 0. The average molecular weight is 696 g/mol. The van der Waals surface area contributed by atoms with E-state index in [1.165, 1.54) is 19.6 Å². The minimum atomic E-state index is -0.594. The van der Waals surface area contributed by atoms with E-state index < -0.39 is 11.8 Å². The van der Waals surface area contributed by atoms with Gasteiger partial charge < -0.3 is 28.9 Å². The van der Waals surface area contributed by atoms with Gasteiger partial charge in [-0.1, -0.05) is 41.4 Å². The lowest BCUT2D eigenvalue weighted by atomic mass is 9.90. The fourth-order valence-corrected chi connectivity index (χ4v) is 8.97. The summed E-state index contributed by atoms with van der Waals surface area (Å²) in [7, 11) is 3.46. The molecular formula is C36H37Cl2FN4O5. The quantitative estimate of drug-likeness (QED) is 0.291. The highest BCUT2D eigenvalue weighted by atomic mass is 35.5. The number of carbonyl (C=O) groups excluding carboxylic acids is 2. The van der Waals surface area contributed by atoms with Crippen LogP contribution < -0.4 is 14.5 Å². The van der Waals surface area contributed by atoms with E-state index >= 15 is 4.39 Å². The van der Waals surface area contributed by atoms with E-state index in [0.717, 1.165) is 38.0 Å². The molecule has 12 heteroatoms. The molecule has 0 N–H and O–H groups in total. The molecule has 1 amide bonds. The van der Waals surface area contributed by atoms with Crippen molar-refractivity contribution in [3.63, 3.8) is 0 Å². The van der Waals surface area contributed by atoms with Gasteiger partial charge in [0.05, 0.1) is 65.8 Å². The molecule has 48 heavy (non-hydrogen) atoms. The highest BCUT2D eigenvalue weighted by molar-refractivity contribution is 6.40. The van der Waals surface area contributed by atoms with Gasteiger partial charge in [-0.05, 0) is 57.0 Å². The minimum absolute atomic E-state index is 0.0677. The monoisotopic (exact) mass is 694 g/mol. The number of morpholine rings is 1. The maximum Gasteiger partial charge on any atom is 0.340 e. The predicted octanol–water partition coefficient (Wildman–Crippen LogP) is 6.23. The molecule has 3 aromatic rings. The molecular weight excluding hydrogens is 658 g/mol. The van der Waals surface area contributed by atoms with Gasteiger partial charge in [-0.15, -0.1) is 0 Å². The zero-order valence-corrected chi connectivity index (χ0v) is 28.4. The third kappa shape index (κ3) is 5.28. The standard InChI is InChI=1S/C36H37Cl2FN4O5/c1-40-15-22-7-6-21(40)16-42(22)25-10-29(37)33(30(38)11-25)35(44)41-14-20-4-3-5-26(34(20)48-19-41)27-13-32(28(12-31(27)39)36(45)46-2)43-23-8-9-24(43)18-47-17-23/h3-5,10-13,21-24H,6-9,14-19H2,1-2H3/t21-,22-,23?,24?/m1/s1. The van der Waals surface area contributed by atoms with E-state index in [4.69, 9.17) is 37.4 Å². The van der Waals surface area contributed by atoms with Crippen LogP contribution in [0.3, 0.4) is 0 Å². The number of anilines is 2. The predicted molar refractivity (Wildman–Crippen MR) is 182 cm³/mol. The number of methoxy groups -OCH3 is 1. The number of piperidine rings is 2. The lowest BCUT2D eigenvalue weighted by Crippen LogP contribution is -2.61. The van der Waals surface area contributed by atoms with Crippen LogP contribution >= 0.6 is 23.2 Å². The molecule has 5 saturated heterocycles. The van der Waals surface area contributed by atoms with E-state index in [1.807, 2.05) is 24.3 Å². The smallest absolute Gasteiger partial charge is 0.340 e. The third-order valence-corrected chi connectivity index (χ3v) is 11.4. The summed E-state index contributed by atoms with van der Waals surface area (Å²) in [6, 6.07) is 13.2. The number of ether oxygens (including phenoxy) is 3. The minimum Gasteiger partial charge on any atom is -0.472 e. The normalized spacial score (nSPS) is 24.8. The van der Waals surface area contributed by atoms with Gasteiger partial charge in [0.1, 0.15) is 11.6 Å². The molecule has 0 aromatic heterocycles. The van der Waals surface area contributed by atoms with Crippen molar-refractivity contribution >= 4 is 46.5 Å². The van der Waals surface area contributed by atoms with Gasteiger partial charge in [0, 0.05) is 47.6 Å². The van der Waals surface area contributed by atoms with E-state index in [-0.39, 0.29) is 42.4 Å². The molecule has 9 nitrogen and oxygen atoms in total. The zero-order chi connectivity index (χ0) is 33.3. The van der Waals surface area contributed by atoms with Gasteiger partial charge in [-0.2, -0.15) is 0 Å². The number of carbonyl (C=O) groups is 2. The van der Waals surface area contributed by atoms with Crippen LogP contribution in [-0.2, 0) is 16.0 Å². The molecule has 252 valence electrons. The number of rotatable bonds is 5. The van der Waals surface area contributed by atoms with Gasteiger partial charge in [-0.3, -0.25) is 9.69 Å². The lowest BCUT2D eigenvalue weighted by Gasteiger charge is -2.51. The van der Waals surface area contributed by atoms with E-state index in [1.54, 1.807) is 17.0 Å². The van der Waals surface area contributed by atoms with E-state index in [0.29, 0.717) is 63.5 Å². The maximum atomic E-state index is 15.9. The van der Waals surface area contributed by atoms with Crippen molar-refractivity contribution < 1.29 is 28.2 Å². The van der Waals surface area contributed by atoms with Crippen molar-refractivity contribution in [3.8, 4) is 16.9 Å². The first-order valence-corrected chi connectivity index (χ1v) is 17.3. The number of para-hydroxylation sites is 1. The van der Waals surface area contributed by atoms with Crippen LogP contribution in [0.25, 0.3) is 11.1 Å². The Morgan fingerprint density at radius 3 is 2.29 bits per heavy atom. The topological polar surface area (TPSA) is 74.8 Å². The molecule has 4 atom stereocenters. The zero-order valence-electron chi connectivity index (χ0n) is 26.9. The Morgan fingerprint density at radius 1 is 0.917 bits per heavy atom. The van der Waals surface area contributed by atoms with Gasteiger partial charge in [0.25, 0.3) is 5.91 Å². The van der Waals surface area contributed by atoms with Crippen LogP contribution in [-0.4, -0.2) is 93.0 Å². The van der Waals surface area contributed by atoms with Crippen molar-refractivity contribution in [2.75, 3.05) is 57.0 Å². The van der Waals surface area contributed by atoms with Crippen LogP contribution in [0.1, 0.15) is 52.0 Å². The second-order valence-electron chi connectivity index (χ2n) is 13.5. The first-order chi connectivity index (χ1) is 23.2. The number of fused-ring (bicyclic) bond motifs is 6. The molecule has 9 rings (SSSR count). The molecule has 6 aliphatic rings. The van der Waals surface area contributed by atoms with Crippen molar-refractivity contribution in [2.24, 2.45) is 0 Å². The summed E-state index contributed by atoms with van der Waals surface area (Å²) in [5.41, 5.74) is 3.53. The molecule has 6 heterocycles. The number of amides is 1. The summed E-state index contributed by atoms with van der Waals surface area (Å²) in [6.07, 6.45) is 4.15. The maximum absolute atomic E-state index is 15.9. The van der Waals surface area contributed by atoms with Gasteiger partial charge in [0.2, 0.25) is 0 Å². The number of esters is 1. The second-order valence-corrected chi connectivity index (χ2v) is 14.3. The van der Waals surface area contributed by atoms with Crippen LogP contribution in [0.5, 0.6) is 5.75 Å². The number of likely N-dealkylation sites (N-methyl/N-ethyl adjacent to an activating group) is 1. The Bertz CT molecular complexity index is 1770. The Morgan fingerprint density at radius 2 is 1.62 bits per heavy atom. The number of hydrogen-bond acceptors (Lipinski definition) is 8. The van der Waals surface area contributed by atoms with Crippen molar-refractivity contribution in [1.29, 1.82) is 0 Å². The van der Waals surface area contributed by atoms with E-state index in [2.05, 4.69) is 21.7 Å². The molecule has 4 bridgehead atoms. The Labute approximate surface area is 289 Å². The second kappa shape index (κ2) is 12.4. The van der Waals surface area contributed by atoms with Crippen LogP contribution in [0.4, 0.5) is 15.8 Å². The molecule has 0 radical (unpaired) electrons. The van der Waals surface area contributed by atoms with Crippen molar-refractivity contribution in [1.82, 2.24) is 9.80 Å². The Balaban J connectivity index is 1.08. The average Bonchev–Trinajstić information content (AvgIpc) is 3.33. The Hall–Kier alpha value is -3.57. The fraction of sp³-hybridized carbons (Fsp3) is 0.444. The third-order valence-electron chi connectivity index (χ3n) is 10.8. The van der Waals surface area contributed by atoms with Gasteiger partial charge in [-0.25, -0.2) is 9.18 Å². The summed E-state index contributed by atoms with van der Waals surface area (Å²) in [4.78, 5) is 35.2. The molecule has 3 aromatic carbocycles. The molecule has 6 aliphatic heterocycles. The summed E-state index contributed by atoms with van der Waals surface area (Å²) in [5.74, 6) is -1.02. The van der Waals surface area contributed by atoms with Crippen LogP contribution in [0.2, 0.25) is 10.0 Å². The first kappa shape index (κ1) is 31.7. The molecule has 0 aliphatic carbocycles. The highest BCUT2D eigenvalue weighted by Gasteiger charge is 2.41.